The molecule has 17 heavy (non-hydrogen) atoms. The van der Waals surface area contributed by atoms with Gasteiger partial charge in [0.1, 0.15) is 11.7 Å². The second-order valence-electron chi connectivity index (χ2n) is 3.76. The van der Waals surface area contributed by atoms with Crippen LogP contribution >= 0.6 is 31.9 Å². The van der Waals surface area contributed by atoms with E-state index in [9.17, 15) is 4.79 Å². The standard InChI is InChI=1S/C11H11Br2N3O/c1-2-3-8-11(17)16-10(15-8)9-7(13)4-6(12)5-14-9/h4-5,8H,2-3H2,1H3,(H,15,16,17). The van der Waals surface area contributed by atoms with E-state index in [1.807, 2.05) is 13.0 Å². The summed E-state index contributed by atoms with van der Waals surface area (Å²) in [4.78, 5) is 20.3. The highest BCUT2D eigenvalue weighted by Gasteiger charge is 2.27. The molecule has 0 saturated carbocycles. The molecular formula is C11H11Br2N3O. The van der Waals surface area contributed by atoms with Crippen LogP contribution in [0.15, 0.2) is 26.2 Å². The lowest BCUT2D eigenvalue weighted by Gasteiger charge is -2.02. The first kappa shape index (κ1) is 12.7. The number of halogens is 2. The summed E-state index contributed by atoms with van der Waals surface area (Å²) in [5.74, 6) is 0.506. The monoisotopic (exact) mass is 359 g/mol. The average Bonchev–Trinajstić information content (AvgIpc) is 2.60. The molecule has 0 radical (unpaired) electrons. The Morgan fingerprint density at radius 1 is 1.47 bits per heavy atom. The summed E-state index contributed by atoms with van der Waals surface area (Å²) >= 11 is 6.75. The fourth-order valence-corrected chi connectivity index (χ4v) is 2.80. The quantitative estimate of drug-likeness (QED) is 0.900. The van der Waals surface area contributed by atoms with Crippen molar-refractivity contribution in [2.75, 3.05) is 0 Å². The van der Waals surface area contributed by atoms with Crippen molar-refractivity contribution in [2.24, 2.45) is 4.99 Å². The molecule has 1 N–H and O–H groups in total. The number of hydrogen-bond acceptors (Lipinski definition) is 3. The van der Waals surface area contributed by atoms with Gasteiger partial charge in [-0.15, -0.1) is 0 Å². The van der Waals surface area contributed by atoms with E-state index in [-0.39, 0.29) is 11.9 Å². The number of carbonyl (C=O) groups is 1. The summed E-state index contributed by atoms with van der Waals surface area (Å²) in [6.45, 7) is 2.04. The zero-order valence-corrected chi connectivity index (χ0v) is 12.4. The molecule has 90 valence electrons. The molecule has 2 heterocycles. The molecule has 0 bridgehead atoms. The van der Waals surface area contributed by atoms with Crippen molar-refractivity contribution in [1.82, 2.24) is 10.3 Å². The molecule has 1 aromatic heterocycles. The Hall–Kier alpha value is -0.750. The minimum atomic E-state index is -0.271. The molecule has 0 aliphatic carbocycles. The van der Waals surface area contributed by atoms with Crippen molar-refractivity contribution in [3.05, 3.63) is 26.9 Å². The predicted octanol–water partition coefficient (Wildman–Crippen LogP) is 2.65. The van der Waals surface area contributed by atoms with Crippen LogP contribution in [-0.2, 0) is 4.79 Å². The highest BCUT2D eigenvalue weighted by Crippen LogP contribution is 2.21. The number of carbonyl (C=O) groups excluding carboxylic acids is 1. The van der Waals surface area contributed by atoms with Crippen molar-refractivity contribution in [3.63, 3.8) is 0 Å². The molecule has 4 nitrogen and oxygen atoms in total. The fourth-order valence-electron chi connectivity index (χ4n) is 1.62. The third-order valence-electron chi connectivity index (χ3n) is 2.42. The Bertz CT molecular complexity index is 488. The number of amidine groups is 1. The van der Waals surface area contributed by atoms with Gasteiger partial charge in [0.05, 0.1) is 0 Å². The van der Waals surface area contributed by atoms with Crippen LogP contribution in [0.25, 0.3) is 0 Å². The summed E-state index contributed by atoms with van der Waals surface area (Å²) in [5.41, 5.74) is 0.667. The van der Waals surface area contributed by atoms with Crippen molar-refractivity contribution in [3.8, 4) is 0 Å². The van der Waals surface area contributed by atoms with E-state index in [1.54, 1.807) is 6.20 Å². The highest BCUT2D eigenvalue weighted by molar-refractivity contribution is 9.11. The molecule has 2 rings (SSSR count). The van der Waals surface area contributed by atoms with Crippen LogP contribution < -0.4 is 5.32 Å². The fraction of sp³-hybridized carbons (Fsp3) is 0.364. The SMILES string of the molecule is CCCC1N=C(c2ncc(Br)cc2Br)NC1=O. The lowest BCUT2D eigenvalue weighted by atomic mass is 10.2. The minimum Gasteiger partial charge on any atom is -0.307 e. The lowest BCUT2D eigenvalue weighted by Crippen LogP contribution is -2.29. The third kappa shape index (κ3) is 2.74. The van der Waals surface area contributed by atoms with Gasteiger partial charge in [0, 0.05) is 15.1 Å². The zero-order valence-electron chi connectivity index (χ0n) is 9.20. The van der Waals surface area contributed by atoms with Gasteiger partial charge in [-0.05, 0) is 44.3 Å². The molecule has 0 saturated heterocycles. The van der Waals surface area contributed by atoms with Gasteiger partial charge in [0.25, 0.3) is 0 Å². The largest absolute Gasteiger partial charge is 0.307 e. The number of rotatable bonds is 3. The molecule has 6 heteroatoms. The summed E-state index contributed by atoms with van der Waals surface area (Å²) < 4.78 is 1.69. The Morgan fingerprint density at radius 2 is 2.24 bits per heavy atom. The Labute approximate surface area is 116 Å². The second kappa shape index (κ2) is 5.27. The molecule has 0 spiro atoms. The number of aliphatic imine (C=N–C) groups is 1. The van der Waals surface area contributed by atoms with E-state index < -0.39 is 0 Å². The number of amides is 1. The Morgan fingerprint density at radius 3 is 2.88 bits per heavy atom. The van der Waals surface area contributed by atoms with Gasteiger partial charge in [-0.1, -0.05) is 13.3 Å². The van der Waals surface area contributed by atoms with Crippen molar-refractivity contribution in [1.29, 1.82) is 0 Å². The van der Waals surface area contributed by atoms with E-state index in [2.05, 4.69) is 47.2 Å². The van der Waals surface area contributed by atoms with Gasteiger partial charge in [0.15, 0.2) is 5.84 Å². The van der Waals surface area contributed by atoms with Crippen LogP contribution in [0, 0.1) is 0 Å². The van der Waals surface area contributed by atoms with E-state index in [1.165, 1.54) is 0 Å². The smallest absolute Gasteiger partial charge is 0.250 e. The molecule has 1 aromatic rings. The maximum Gasteiger partial charge on any atom is 0.250 e. The minimum absolute atomic E-state index is 0.0431. The van der Waals surface area contributed by atoms with Gasteiger partial charge >= 0.3 is 0 Å². The maximum atomic E-state index is 11.6. The first-order valence-electron chi connectivity index (χ1n) is 5.32. The molecule has 0 fully saturated rings. The number of hydrogen-bond donors (Lipinski definition) is 1. The number of nitrogens with zero attached hydrogens (tertiary/aromatic N) is 2. The molecular weight excluding hydrogens is 350 g/mol. The van der Waals surface area contributed by atoms with Gasteiger partial charge in [-0.3, -0.25) is 14.8 Å². The summed E-state index contributed by atoms with van der Waals surface area (Å²) in [7, 11) is 0. The summed E-state index contributed by atoms with van der Waals surface area (Å²) in [6.07, 6.45) is 3.38. The normalized spacial score (nSPS) is 19.1. The maximum absolute atomic E-state index is 11.6. The number of pyridine rings is 1. The lowest BCUT2D eigenvalue weighted by molar-refractivity contribution is -0.120. The van der Waals surface area contributed by atoms with E-state index in [0.29, 0.717) is 11.5 Å². The predicted molar refractivity (Wildman–Crippen MR) is 73.0 cm³/mol. The summed E-state index contributed by atoms with van der Waals surface area (Å²) in [6, 6.07) is 1.61. The van der Waals surface area contributed by atoms with E-state index in [0.717, 1.165) is 21.8 Å². The second-order valence-corrected chi connectivity index (χ2v) is 5.53. The van der Waals surface area contributed by atoms with E-state index >= 15 is 0 Å². The zero-order chi connectivity index (χ0) is 12.4. The number of aromatic nitrogens is 1. The van der Waals surface area contributed by atoms with Crippen molar-refractivity contribution >= 4 is 43.6 Å². The average molecular weight is 361 g/mol. The number of nitrogens with one attached hydrogen (secondary N) is 1. The first-order chi connectivity index (χ1) is 8.11. The van der Waals surface area contributed by atoms with Crippen LogP contribution in [0.2, 0.25) is 0 Å². The van der Waals surface area contributed by atoms with Gasteiger partial charge in [-0.25, -0.2) is 0 Å². The molecule has 0 aromatic carbocycles. The van der Waals surface area contributed by atoms with Crippen LogP contribution in [0.1, 0.15) is 25.5 Å². The van der Waals surface area contributed by atoms with Crippen molar-refractivity contribution in [2.45, 2.75) is 25.8 Å². The van der Waals surface area contributed by atoms with Gasteiger partial charge in [0.2, 0.25) is 5.91 Å². The van der Waals surface area contributed by atoms with Crippen LogP contribution in [0.3, 0.4) is 0 Å². The first-order valence-corrected chi connectivity index (χ1v) is 6.90. The molecule has 1 unspecified atom stereocenters. The van der Waals surface area contributed by atoms with Crippen LogP contribution in [0.5, 0.6) is 0 Å². The van der Waals surface area contributed by atoms with E-state index in [4.69, 9.17) is 0 Å². The Kier molecular flexibility index (Phi) is 3.93. The van der Waals surface area contributed by atoms with Gasteiger partial charge in [-0.2, -0.15) is 0 Å². The van der Waals surface area contributed by atoms with Crippen molar-refractivity contribution < 1.29 is 4.79 Å². The highest BCUT2D eigenvalue weighted by atomic mass is 79.9. The topological polar surface area (TPSA) is 54.4 Å². The molecule has 1 atom stereocenters. The van der Waals surface area contributed by atoms with Crippen LogP contribution in [-0.4, -0.2) is 22.8 Å². The van der Waals surface area contributed by atoms with Gasteiger partial charge < -0.3 is 5.32 Å². The molecule has 1 aliphatic rings. The Balaban J connectivity index is 2.29. The third-order valence-corrected chi connectivity index (χ3v) is 3.46. The molecule has 1 aliphatic heterocycles. The molecule has 1 amide bonds. The van der Waals surface area contributed by atoms with Crippen LogP contribution in [0.4, 0.5) is 0 Å². The summed E-state index contributed by atoms with van der Waals surface area (Å²) in [5, 5.41) is 2.77.